The molecule has 1 saturated carbocycles. The molecule has 2 rings (SSSR count). The van der Waals surface area contributed by atoms with Crippen molar-refractivity contribution in [3.8, 4) is 0 Å². The maximum Gasteiger partial charge on any atom is 0.0207 e. The Hall–Kier alpha value is -0.340. The van der Waals surface area contributed by atoms with Crippen LogP contribution in [0.25, 0.3) is 0 Å². The average Bonchev–Trinajstić information content (AvgIpc) is 3.22. The fraction of sp³-hybridized carbons (Fsp3) is 0.647. The molecule has 0 amide bonds. The maximum atomic E-state index is 3.71. The van der Waals surface area contributed by atoms with Crippen LogP contribution in [0.15, 0.2) is 28.7 Å². The Morgan fingerprint density at radius 2 is 2.05 bits per heavy atom. The van der Waals surface area contributed by atoms with Crippen LogP contribution >= 0.6 is 15.9 Å². The van der Waals surface area contributed by atoms with Crippen molar-refractivity contribution in [3.05, 3.63) is 34.3 Å². The summed E-state index contributed by atoms with van der Waals surface area (Å²) in [6, 6.07) is 9.47. The molecule has 19 heavy (non-hydrogen) atoms. The minimum absolute atomic E-state index is 0.759. The Morgan fingerprint density at radius 3 is 2.68 bits per heavy atom. The van der Waals surface area contributed by atoms with Crippen LogP contribution in [0, 0.1) is 11.8 Å². The van der Waals surface area contributed by atoms with Crippen LogP contribution in [-0.4, -0.2) is 12.6 Å². The van der Waals surface area contributed by atoms with Gasteiger partial charge in [-0.3, -0.25) is 0 Å². The van der Waals surface area contributed by atoms with Crippen LogP contribution in [0.1, 0.15) is 45.1 Å². The zero-order valence-corrected chi connectivity index (χ0v) is 13.7. The smallest absolute Gasteiger partial charge is 0.0207 e. The number of halogens is 1. The molecule has 0 heterocycles. The first kappa shape index (κ1) is 15.1. The van der Waals surface area contributed by atoms with Gasteiger partial charge in [-0.15, -0.1) is 0 Å². The predicted molar refractivity (Wildman–Crippen MR) is 86.4 cm³/mol. The van der Waals surface area contributed by atoms with Gasteiger partial charge in [0.25, 0.3) is 0 Å². The first-order valence-corrected chi connectivity index (χ1v) is 8.45. The number of hydrogen-bond donors (Lipinski definition) is 1. The molecule has 1 aromatic rings. The van der Waals surface area contributed by atoms with Gasteiger partial charge in [0.15, 0.2) is 0 Å². The fourth-order valence-electron chi connectivity index (χ4n) is 2.57. The number of hydrogen-bond acceptors (Lipinski definition) is 1. The molecule has 2 heteroatoms. The average molecular weight is 324 g/mol. The van der Waals surface area contributed by atoms with Gasteiger partial charge in [0.2, 0.25) is 0 Å². The molecule has 0 bridgehead atoms. The van der Waals surface area contributed by atoms with Crippen molar-refractivity contribution >= 4 is 15.9 Å². The van der Waals surface area contributed by atoms with Crippen LogP contribution in [0.5, 0.6) is 0 Å². The summed E-state index contributed by atoms with van der Waals surface area (Å²) < 4.78 is 1.26. The lowest BCUT2D eigenvalue weighted by molar-refractivity contribution is 0.362. The third-order valence-corrected chi connectivity index (χ3v) is 4.95. The molecule has 1 nitrogen and oxygen atoms in total. The van der Waals surface area contributed by atoms with Crippen LogP contribution in [0.3, 0.4) is 0 Å². The van der Waals surface area contributed by atoms with E-state index in [-0.39, 0.29) is 0 Å². The second-order valence-corrected chi connectivity index (χ2v) is 6.95. The lowest BCUT2D eigenvalue weighted by Gasteiger charge is -2.21. The zero-order valence-electron chi connectivity index (χ0n) is 12.2. The highest BCUT2D eigenvalue weighted by molar-refractivity contribution is 9.10. The minimum atomic E-state index is 0.759. The molecule has 2 unspecified atom stereocenters. The van der Waals surface area contributed by atoms with Crippen molar-refractivity contribution in [3.63, 3.8) is 0 Å². The van der Waals surface area contributed by atoms with E-state index in [9.17, 15) is 0 Å². The standard InChI is InChI=1S/C17H26BrN/c1-3-13(2)10-14(12-19-16-8-9-16)11-15-6-4-5-7-17(15)18/h4-7,13-14,16,19H,3,8-12H2,1-2H3. The van der Waals surface area contributed by atoms with E-state index >= 15 is 0 Å². The Labute approximate surface area is 126 Å². The normalized spacial score (nSPS) is 18.3. The summed E-state index contributed by atoms with van der Waals surface area (Å²) in [5, 5.41) is 3.71. The third-order valence-electron chi connectivity index (χ3n) is 4.17. The van der Waals surface area contributed by atoms with Crippen molar-refractivity contribution in [1.82, 2.24) is 5.32 Å². The van der Waals surface area contributed by atoms with Crippen molar-refractivity contribution in [2.24, 2.45) is 11.8 Å². The van der Waals surface area contributed by atoms with E-state index in [4.69, 9.17) is 0 Å². The summed E-state index contributed by atoms with van der Waals surface area (Å²) >= 11 is 3.68. The summed E-state index contributed by atoms with van der Waals surface area (Å²) in [4.78, 5) is 0. The summed E-state index contributed by atoms with van der Waals surface area (Å²) in [7, 11) is 0. The molecular formula is C17H26BrN. The van der Waals surface area contributed by atoms with Gasteiger partial charge in [0.05, 0.1) is 0 Å². The highest BCUT2D eigenvalue weighted by atomic mass is 79.9. The van der Waals surface area contributed by atoms with E-state index < -0.39 is 0 Å². The van der Waals surface area contributed by atoms with Gasteiger partial charge in [-0.2, -0.15) is 0 Å². The van der Waals surface area contributed by atoms with Gasteiger partial charge in [0.1, 0.15) is 0 Å². The molecule has 1 fully saturated rings. The number of nitrogens with one attached hydrogen (secondary N) is 1. The van der Waals surface area contributed by atoms with E-state index in [0.29, 0.717) is 0 Å². The van der Waals surface area contributed by atoms with Crippen LogP contribution in [0.2, 0.25) is 0 Å². The second kappa shape index (κ2) is 7.44. The summed E-state index contributed by atoms with van der Waals surface area (Å²) in [5.41, 5.74) is 1.45. The molecule has 106 valence electrons. The molecule has 1 aromatic carbocycles. The first-order valence-electron chi connectivity index (χ1n) is 7.65. The topological polar surface area (TPSA) is 12.0 Å². The van der Waals surface area contributed by atoms with Crippen molar-refractivity contribution < 1.29 is 0 Å². The van der Waals surface area contributed by atoms with Gasteiger partial charge >= 0.3 is 0 Å². The second-order valence-electron chi connectivity index (χ2n) is 6.09. The van der Waals surface area contributed by atoms with Gasteiger partial charge in [-0.1, -0.05) is 54.4 Å². The molecule has 1 aliphatic rings. The van der Waals surface area contributed by atoms with E-state index in [1.54, 1.807) is 0 Å². The molecule has 0 aliphatic heterocycles. The van der Waals surface area contributed by atoms with Crippen LogP contribution in [-0.2, 0) is 6.42 Å². The van der Waals surface area contributed by atoms with Gasteiger partial charge < -0.3 is 5.32 Å². The molecule has 0 radical (unpaired) electrons. The lowest BCUT2D eigenvalue weighted by atomic mass is 9.89. The summed E-state index contributed by atoms with van der Waals surface area (Å²) in [6.45, 7) is 5.86. The molecule has 2 atom stereocenters. The van der Waals surface area contributed by atoms with Crippen molar-refractivity contribution in [2.75, 3.05) is 6.54 Å². The zero-order chi connectivity index (χ0) is 13.7. The molecule has 0 saturated heterocycles. The number of benzene rings is 1. The Bertz CT molecular complexity index is 387. The monoisotopic (exact) mass is 323 g/mol. The third kappa shape index (κ3) is 5.27. The molecule has 0 spiro atoms. The quantitative estimate of drug-likeness (QED) is 0.724. The van der Waals surface area contributed by atoms with E-state index in [1.165, 1.54) is 48.7 Å². The maximum absolute atomic E-state index is 3.71. The number of rotatable bonds is 8. The highest BCUT2D eigenvalue weighted by Gasteiger charge is 2.22. The largest absolute Gasteiger partial charge is 0.314 e. The van der Waals surface area contributed by atoms with E-state index in [1.807, 2.05) is 0 Å². The molecule has 1 aliphatic carbocycles. The summed E-state index contributed by atoms with van der Waals surface area (Å²) in [6.07, 6.45) is 6.56. The van der Waals surface area contributed by atoms with E-state index in [2.05, 4.69) is 59.4 Å². The van der Waals surface area contributed by atoms with Crippen molar-refractivity contribution in [1.29, 1.82) is 0 Å². The lowest BCUT2D eigenvalue weighted by Crippen LogP contribution is -2.27. The molecular weight excluding hydrogens is 298 g/mol. The Morgan fingerprint density at radius 1 is 1.32 bits per heavy atom. The predicted octanol–water partition coefficient (Wildman–Crippen LogP) is 4.80. The SMILES string of the molecule is CCC(C)CC(CNC1CC1)Cc1ccccc1Br. The van der Waals surface area contributed by atoms with Crippen LogP contribution < -0.4 is 5.32 Å². The van der Waals surface area contributed by atoms with E-state index in [0.717, 1.165) is 17.9 Å². The Balaban J connectivity index is 1.92. The Kier molecular flexibility index (Phi) is 5.90. The van der Waals surface area contributed by atoms with Crippen molar-refractivity contribution in [2.45, 2.75) is 52.0 Å². The molecule has 0 aromatic heterocycles. The highest BCUT2D eigenvalue weighted by Crippen LogP contribution is 2.25. The van der Waals surface area contributed by atoms with Gasteiger partial charge in [0, 0.05) is 10.5 Å². The summed E-state index contributed by atoms with van der Waals surface area (Å²) in [5.74, 6) is 1.59. The van der Waals surface area contributed by atoms with Crippen LogP contribution in [0.4, 0.5) is 0 Å². The molecule has 1 N–H and O–H groups in total. The fourth-order valence-corrected chi connectivity index (χ4v) is 3.02. The first-order chi connectivity index (χ1) is 9.19. The van der Waals surface area contributed by atoms with Gasteiger partial charge in [-0.25, -0.2) is 0 Å². The van der Waals surface area contributed by atoms with Gasteiger partial charge in [-0.05, 0) is 55.7 Å². The minimum Gasteiger partial charge on any atom is -0.314 e.